The van der Waals surface area contributed by atoms with E-state index in [1.807, 2.05) is 0 Å². The number of hydrogen-bond acceptors (Lipinski definition) is 3. The van der Waals surface area contributed by atoms with E-state index in [4.69, 9.17) is 0 Å². The van der Waals surface area contributed by atoms with Gasteiger partial charge in [0.05, 0.1) is 7.11 Å². The summed E-state index contributed by atoms with van der Waals surface area (Å²) in [7, 11) is 1.44. The minimum atomic E-state index is -0.113. The number of halogens is 1. The average Bonchev–Trinajstić information content (AvgIpc) is 2.43. The van der Waals surface area contributed by atoms with E-state index in [0.29, 0.717) is 12.3 Å². The van der Waals surface area contributed by atoms with Crippen molar-refractivity contribution in [2.45, 2.75) is 52.9 Å². The van der Waals surface area contributed by atoms with E-state index < -0.39 is 0 Å². The number of ether oxygens (including phenoxy) is 1. The van der Waals surface area contributed by atoms with Crippen LogP contribution in [0.3, 0.4) is 0 Å². The maximum absolute atomic E-state index is 10.9. The number of carbonyl (C=O) groups excluding carboxylic acids is 1. The van der Waals surface area contributed by atoms with E-state index in [-0.39, 0.29) is 29.9 Å². The summed E-state index contributed by atoms with van der Waals surface area (Å²) in [4.78, 5) is 15.4. The monoisotopic (exact) mass is 413 g/mol. The molecule has 0 saturated carbocycles. The quantitative estimate of drug-likeness (QED) is 0.190. The lowest BCUT2D eigenvalue weighted by Gasteiger charge is -2.11. The number of nitrogens with one attached hydrogen (secondary N) is 2. The molecule has 0 aliphatic rings. The van der Waals surface area contributed by atoms with Crippen LogP contribution in [0, 0.1) is 5.92 Å². The van der Waals surface area contributed by atoms with E-state index >= 15 is 0 Å². The highest BCUT2D eigenvalue weighted by atomic mass is 127. The predicted molar refractivity (Wildman–Crippen MR) is 99.3 cm³/mol. The minimum Gasteiger partial charge on any atom is -0.469 e. The number of carbonyl (C=O) groups is 1. The number of esters is 1. The van der Waals surface area contributed by atoms with Crippen LogP contribution in [0.25, 0.3) is 0 Å². The van der Waals surface area contributed by atoms with E-state index in [9.17, 15) is 4.79 Å². The van der Waals surface area contributed by atoms with Gasteiger partial charge >= 0.3 is 5.97 Å². The topological polar surface area (TPSA) is 62.7 Å². The van der Waals surface area contributed by atoms with Crippen molar-refractivity contribution < 1.29 is 9.53 Å². The van der Waals surface area contributed by atoms with Gasteiger partial charge in [-0.3, -0.25) is 9.79 Å². The van der Waals surface area contributed by atoms with Crippen molar-refractivity contribution in [2.24, 2.45) is 10.9 Å². The lowest BCUT2D eigenvalue weighted by molar-refractivity contribution is -0.140. The van der Waals surface area contributed by atoms with Crippen LogP contribution in [-0.4, -0.2) is 38.7 Å². The van der Waals surface area contributed by atoms with Crippen LogP contribution in [0.1, 0.15) is 52.9 Å². The van der Waals surface area contributed by atoms with Crippen molar-refractivity contribution in [3.63, 3.8) is 0 Å². The molecule has 0 radical (unpaired) electrons. The number of rotatable bonds is 10. The highest BCUT2D eigenvalue weighted by Crippen LogP contribution is 2.03. The zero-order valence-corrected chi connectivity index (χ0v) is 16.2. The van der Waals surface area contributed by atoms with Crippen molar-refractivity contribution in [1.82, 2.24) is 10.6 Å². The Labute approximate surface area is 146 Å². The lowest BCUT2D eigenvalue weighted by Crippen LogP contribution is -2.38. The van der Waals surface area contributed by atoms with Gasteiger partial charge in [-0.2, -0.15) is 0 Å². The molecule has 0 amide bonds. The third kappa shape index (κ3) is 15.7. The normalized spacial score (nSPS) is 11.0. The van der Waals surface area contributed by atoms with Crippen LogP contribution < -0.4 is 10.6 Å². The molecule has 0 fully saturated rings. The molecule has 6 heteroatoms. The number of guanidine groups is 1. The fourth-order valence-electron chi connectivity index (χ4n) is 1.67. The Balaban J connectivity index is 0. The molecule has 0 spiro atoms. The summed E-state index contributed by atoms with van der Waals surface area (Å²) >= 11 is 0. The third-order valence-corrected chi connectivity index (χ3v) is 2.79. The Kier molecular flexibility index (Phi) is 17.2. The van der Waals surface area contributed by atoms with Crippen LogP contribution in [0.5, 0.6) is 0 Å². The Morgan fingerprint density at radius 3 is 2.38 bits per heavy atom. The van der Waals surface area contributed by atoms with Gasteiger partial charge in [-0.1, -0.05) is 26.7 Å². The number of nitrogens with zero attached hydrogens (tertiary/aromatic N) is 1. The Morgan fingerprint density at radius 2 is 1.81 bits per heavy atom. The van der Waals surface area contributed by atoms with Crippen molar-refractivity contribution in [2.75, 3.05) is 26.7 Å². The fourth-order valence-corrected chi connectivity index (χ4v) is 1.67. The first-order valence-corrected chi connectivity index (χ1v) is 7.69. The lowest BCUT2D eigenvalue weighted by atomic mass is 10.1. The van der Waals surface area contributed by atoms with E-state index in [1.165, 1.54) is 7.11 Å². The minimum absolute atomic E-state index is 0. The second-order valence-electron chi connectivity index (χ2n) is 5.28. The molecule has 21 heavy (non-hydrogen) atoms. The molecular weight excluding hydrogens is 381 g/mol. The zero-order chi connectivity index (χ0) is 15.2. The summed E-state index contributed by atoms with van der Waals surface area (Å²) < 4.78 is 4.61. The second-order valence-corrected chi connectivity index (χ2v) is 5.28. The molecule has 0 aromatic rings. The van der Waals surface area contributed by atoms with Gasteiger partial charge in [0.1, 0.15) is 0 Å². The fraction of sp³-hybridized carbons (Fsp3) is 0.867. The van der Waals surface area contributed by atoms with Gasteiger partial charge in [-0.05, 0) is 25.7 Å². The molecule has 0 aliphatic heterocycles. The molecule has 0 aromatic carbocycles. The summed E-state index contributed by atoms with van der Waals surface area (Å²) in [6.07, 6.45) is 4.72. The van der Waals surface area contributed by atoms with Crippen LogP contribution in [-0.2, 0) is 9.53 Å². The van der Waals surface area contributed by atoms with Crippen LogP contribution >= 0.6 is 24.0 Å². The van der Waals surface area contributed by atoms with Crippen molar-refractivity contribution in [3.8, 4) is 0 Å². The number of methoxy groups -OCH3 is 1. The Bertz CT molecular complexity index is 284. The van der Waals surface area contributed by atoms with E-state index in [2.05, 4.69) is 41.1 Å². The molecule has 2 N–H and O–H groups in total. The van der Waals surface area contributed by atoms with E-state index in [1.54, 1.807) is 0 Å². The highest BCUT2D eigenvalue weighted by molar-refractivity contribution is 14.0. The molecule has 0 rings (SSSR count). The second kappa shape index (κ2) is 15.9. The predicted octanol–water partition coefficient (Wildman–Crippen LogP) is 2.94. The van der Waals surface area contributed by atoms with Crippen LogP contribution in [0.4, 0.5) is 0 Å². The summed E-state index contributed by atoms with van der Waals surface area (Å²) in [6, 6.07) is 0. The largest absolute Gasteiger partial charge is 0.469 e. The molecule has 0 saturated heterocycles. The van der Waals surface area contributed by atoms with Crippen molar-refractivity contribution in [1.29, 1.82) is 0 Å². The van der Waals surface area contributed by atoms with Gasteiger partial charge in [0.2, 0.25) is 0 Å². The Morgan fingerprint density at radius 1 is 1.14 bits per heavy atom. The molecular formula is C15H32IN3O2. The maximum atomic E-state index is 10.9. The summed E-state index contributed by atoms with van der Waals surface area (Å²) in [5.74, 6) is 1.36. The van der Waals surface area contributed by atoms with Crippen LogP contribution in [0.15, 0.2) is 4.99 Å². The number of aliphatic imine (C=N–C) groups is 1. The third-order valence-electron chi connectivity index (χ3n) is 2.79. The molecule has 0 atom stereocenters. The van der Waals surface area contributed by atoms with Gasteiger partial charge in [0.15, 0.2) is 5.96 Å². The molecule has 0 unspecified atom stereocenters. The van der Waals surface area contributed by atoms with Gasteiger partial charge in [-0.15, -0.1) is 24.0 Å². The summed E-state index contributed by atoms with van der Waals surface area (Å²) in [6.45, 7) is 9.03. The van der Waals surface area contributed by atoms with Crippen molar-refractivity contribution in [3.05, 3.63) is 0 Å². The first kappa shape index (κ1) is 22.7. The molecule has 0 bridgehead atoms. The van der Waals surface area contributed by atoms with Gasteiger partial charge in [0, 0.05) is 26.1 Å². The maximum Gasteiger partial charge on any atom is 0.305 e. The SMILES string of the molecule is CCNC(=NCC(C)C)NCCCCCCC(=O)OC.I. The average molecular weight is 413 g/mol. The number of hydrogen-bond donors (Lipinski definition) is 2. The molecule has 5 nitrogen and oxygen atoms in total. The molecule has 0 heterocycles. The van der Waals surface area contributed by atoms with Gasteiger partial charge in [-0.25, -0.2) is 0 Å². The van der Waals surface area contributed by atoms with Gasteiger partial charge in [0.25, 0.3) is 0 Å². The van der Waals surface area contributed by atoms with Crippen molar-refractivity contribution >= 4 is 35.9 Å². The smallest absolute Gasteiger partial charge is 0.305 e. The Hall–Kier alpha value is -0.530. The zero-order valence-electron chi connectivity index (χ0n) is 13.9. The first-order chi connectivity index (χ1) is 9.60. The molecule has 0 aliphatic carbocycles. The molecule has 126 valence electrons. The highest BCUT2D eigenvalue weighted by Gasteiger charge is 2.00. The molecule has 0 aromatic heterocycles. The van der Waals surface area contributed by atoms with Crippen LogP contribution in [0.2, 0.25) is 0 Å². The standard InChI is InChI=1S/C15H31N3O2.HI/c1-5-16-15(18-12-13(2)3)17-11-9-7-6-8-10-14(19)20-4;/h13H,5-12H2,1-4H3,(H2,16,17,18);1H. The van der Waals surface area contributed by atoms with Gasteiger partial charge < -0.3 is 15.4 Å². The summed E-state index contributed by atoms with van der Waals surface area (Å²) in [5, 5.41) is 6.57. The number of unbranched alkanes of at least 4 members (excludes halogenated alkanes) is 3. The first-order valence-electron chi connectivity index (χ1n) is 7.69. The summed E-state index contributed by atoms with van der Waals surface area (Å²) in [5.41, 5.74) is 0. The van der Waals surface area contributed by atoms with E-state index in [0.717, 1.165) is 51.3 Å².